The smallest absolute Gasteiger partial charge is 0.330 e. The number of hydrogen-bond acceptors (Lipinski definition) is 3. The maximum Gasteiger partial charge on any atom is 0.330 e. The van der Waals surface area contributed by atoms with Crippen LogP contribution in [0.3, 0.4) is 0 Å². The van der Waals surface area contributed by atoms with E-state index in [-0.39, 0.29) is 5.97 Å². The molecule has 3 atom stereocenters. The summed E-state index contributed by atoms with van der Waals surface area (Å²) in [5.41, 5.74) is 1.35. The Morgan fingerprint density at radius 3 is 2.94 bits per heavy atom. The Balaban J connectivity index is 2.17. The summed E-state index contributed by atoms with van der Waals surface area (Å²) in [6, 6.07) is 0. The molecule has 1 saturated heterocycles. The van der Waals surface area contributed by atoms with Gasteiger partial charge in [0, 0.05) is 19.2 Å². The number of rotatable bonds is 2. The number of fused-ring (bicyclic) bond motifs is 2. The summed E-state index contributed by atoms with van der Waals surface area (Å²) in [5.74, 6) is 1.65. The van der Waals surface area contributed by atoms with Crippen molar-refractivity contribution in [3.63, 3.8) is 0 Å². The van der Waals surface area contributed by atoms with Crippen molar-refractivity contribution in [3.8, 4) is 0 Å². The molecule has 2 rings (SSSR count). The molecule has 0 aromatic rings. The molecule has 2 aliphatic rings. The van der Waals surface area contributed by atoms with Gasteiger partial charge in [-0.25, -0.2) is 4.79 Å². The molecule has 0 N–H and O–H groups in total. The zero-order chi connectivity index (χ0) is 12.4. The van der Waals surface area contributed by atoms with Gasteiger partial charge in [-0.05, 0) is 44.6 Å². The largest absolute Gasteiger partial charge is 0.463 e. The summed E-state index contributed by atoms with van der Waals surface area (Å²) in [6.07, 6.45) is 4.29. The van der Waals surface area contributed by atoms with E-state index in [1.807, 2.05) is 6.92 Å². The number of nitrogens with zero attached hydrogens (tertiary/aromatic N) is 1. The quantitative estimate of drug-likeness (QED) is 0.544. The Kier molecular flexibility index (Phi) is 3.87. The molecule has 0 radical (unpaired) electrons. The van der Waals surface area contributed by atoms with Gasteiger partial charge in [-0.2, -0.15) is 0 Å². The van der Waals surface area contributed by atoms with Crippen molar-refractivity contribution < 1.29 is 9.53 Å². The van der Waals surface area contributed by atoms with E-state index in [1.54, 1.807) is 6.08 Å². The lowest BCUT2D eigenvalue weighted by atomic mass is 9.68. The van der Waals surface area contributed by atoms with Crippen molar-refractivity contribution >= 4 is 5.97 Å². The van der Waals surface area contributed by atoms with Crippen LogP contribution in [-0.2, 0) is 9.53 Å². The monoisotopic (exact) mass is 237 g/mol. The van der Waals surface area contributed by atoms with Crippen LogP contribution in [0.4, 0.5) is 0 Å². The Labute approximate surface area is 104 Å². The topological polar surface area (TPSA) is 29.5 Å². The molecule has 1 aliphatic carbocycles. The maximum atomic E-state index is 11.6. The molecule has 3 unspecified atom stereocenters. The van der Waals surface area contributed by atoms with Crippen molar-refractivity contribution in [1.82, 2.24) is 4.90 Å². The fraction of sp³-hybridized carbons (Fsp3) is 0.786. The van der Waals surface area contributed by atoms with E-state index in [2.05, 4.69) is 18.9 Å². The highest BCUT2D eigenvalue weighted by Gasteiger charge is 2.37. The lowest BCUT2D eigenvalue weighted by molar-refractivity contribution is -0.137. The van der Waals surface area contributed by atoms with Gasteiger partial charge in [0.25, 0.3) is 0 Å². The van der Waals surface area contributed by atoms with Gasteiger partial charge in [-0.3, -0.25) is 0 Å². The van der Waals surface area contributed by atoms with E-state index in [9.17, 15) is 4.79 Å². The van der Waals surface area contributed by atoms with Crippen molar-refractivity contribution in [2.75, 3.05) is 26.7 Å². The Morgan fingerprint density at radius 1 is 1.47 bits per heavy atom. The Morgan fingerprint density at radius 2 is 2.24 bits per heavy atom. The molecule has 0 aromatic carbocycles. The molecule has 2 bridgehead atoms. The zero-order valence-corrected chi connectivity index (χ0v) is 11.1. The normalized spacial score (nSPS) is 35.9. The number of carbonyl (C=O) groups is 1. The lowest BCUT2D eigenvalue weighted by Crippen LogP contribution is -2.45. The predicted molar refractivity (Wildman–Crippen MR) is 67.6 cm³/mol. The number of piperidine rings is 1. The first kappa shape index (κ1) is 12.6. The van der Waals surface area contributed by atoms with Crippen LogP contribution >= 0.6 is 0 Å². The molecule has 1 aliphatic heterocycles. The van der Waals surface area contributed by atoms with E-state index >= 15 is 0 Å². The molecule has 2 fully saturated rings. The van der Waals surface area contributed by atoms with E-state index in [1.165, 1.54) is 18.4 Å². The van der Waals surface area contributed by atoms with Crippen molar-refractivity contribution in [2.24, 2.45) is 17.8 Å². The van der Waals surface area contributed by atoms with E-state index in [4.69, 9.17) is 4.74 Å². The van der Waals surface area contributed by atoms with Crippen LogP contribution in [0, 0.1) is 17.8 Å². The molecule has 3 nitrogen and oxygen atoms in total. The number of ether oxygens (including phenoxy) is 1. The van der Waals surface area contributed by atoms with Gasteiger partial charge >= 0.3 is 5.97 Å². The van der Waals surface area contributed by atoms with Crippen LogP contribution in [0.5, 0.6) is 0 Å². The molecule has 17 heavy (non-hydrogen) atoms. The van der Waals surface area contributed by atoms with Gasteiger partial charge in [0.05, 0.1) is 6.61 Å². The third-order valence-electron chi connectivity index (χ3n) is 4.17. The molecule has 3 heteroatoms. The molecule has 0 aromatic heterocycles. The first-order valence-corrected chi connectivity index (χ1v) is 6.68. The molecule has 0 spiro atoms. The zero-order valence-electron chi connectivity index (χ0n) is 11.1. The summed E-state index contributed by atoms with van der Waals surface area (Å²) in [7, 11) is 2.18. The van der Waals surface area contributed by atoms with Gasteiger partial charge in [0.1, 0.15) is 0 Å². The number of likely N-dealkylation sites (tertiary alicyclic amines) is 1. The average molecular weight is 237 g/mol. The number of carbonyl (C=O) groups excluding carboxylic acids is 1. The van der Waals surface area contributed by atoms with Crippen LogP contribution in [0.15, 0.2) is 11.6 Å². The Hall–Kier alpha value is -0.830. The third kappa shape index (κ3) is 2.71. The van der Waals surface area contributed by atoms with Crippen LogP contribution in [0.2, 0.25) is 0 Å². The minimum atomic E-state index is -0.156. The van der Waals surface area contributed by atoms with Gasteiger partial charge in [0.15, 0.2) is 0 Å². The van der Waals surface area contributed by atoms with E-state index < -0.39 is 0 Å². The minimum absolute atomic E-state index is 0.156. The summed E-state index contributed by atoms with van der Waals surface area (Å²) < 4.78 is 5.04. The van der Waals surface area contributed by atoms with Crippen molar-refractivity contribution in [1.29, 1.82) is 0 Å². The highest BCUT2D eigenvalue weighted by Crippen LogP contribution is 2.42. The second-order valence-corrected chi connectivity index (χ2v) is 5.48. The second kappa shape index (κ2) is 5.21. The predicted octanol–water partition coefficient (Wildman–Crippen LogP) is 2.08. The van der Waals surface area contributed by atoms with Crippen LogP contribution in [-0.4, -0.2) is 37.6 Å². The first-order valence-electron chi connectivity index (χ1n) is 6.68. The van der Waals surface area contributed by atoms with Gasteiger partial charge in [-0.1, -0.05) is 12.5 Å². The first-order chi connectivity index (χ1) is 8.11. The molecule has 96 valence electrons. The highest BCUT2D eigenvalue weighted by molar-refractivity contribution is 5.83. The summed E-state index contributed by atoms with van der Waals surface area (Å²) in [5, 5.41) is 0. The standard InChI is InChI=1S/C14H23NO2/c1-4-17-14(16)7-12-11-6-5-10(2)13(12)9-15(3)8-11/h7,10-11,13H,4-6,8-9H2,1-3H3/b12-7+. The summed E-state index contributed by atoms with van der Waals surface area (Å²) in [4.78, 5) is 14.0. The second-order valence-electron chi connectivity index (χ2n) is 5.48. The lowest BCUT2D eigenvalue weighted by Gasteiger charge is -2.45. The maximum absolute atomic E-state index is 11.6. The molecule has 1 heterocycles. The van der Waals surface area contributed by atoms with Crippen molar-refractivity contribution in [3.05, 3.63) is 11.6 Å². The van der Waals surface area contributed by atoms with Crippen LogP contribution in [0.1, 0.15) is 26.7 Å². The van der Waals surface area contributed by atoms with Gasteiger partial charge in [0.2, 0.25) is 0 Å². The SMILES string of the molecule is CCOC(=O)/C=C1\C2CCC(C)C1CN(C)C2. The van der Waals surface area contributed by atoms with Crippen LogP contribution < -0.4 is 0 Å². The number of hydrogen-bond donors (Lipinski definition) is 0. The van der Waals surface area contributed by atoms with Gasteiger partial charge < -0.3 is 9.64 Å². The third-order valence-corrected chi connectivity index (χ3v) is 4.17. The van der Waals surface area contributed by atoms with E-state index in [0.29, 0.717) is 24.4 Å². The van der Waals surface area contributed by atoms with Crippen molar-refractivity contribution in [2.45, 2.75) is 26.7 Å². The minimum Gasteiger partial charge on any atom is -0.463 e. The van der Waals surface area contributed by atoms with E-state index in [0.717, 1.165) is 13.1 Å². The highest BCUT2D eigenvalue weighted by atomic mass is 16.5. The number of esters is 1. The molecular weight excluding hydrogens is 214 g/mol. The van der Waals surface area contributed by atoms with Crippen LogP contribution in [0.25, 0.3) is 0 Å². The van der Waals surface area contributed by atoms with Gasteiger partial charge in [-0.15, -0.1) is 0 Å². The molecular formula is C14H23NO2. The Bertz CT molecular complexity index is 324. The fourth-order valence-electron chi connectivity index (χ4n) is 3.28. The average Bonchev–Trinajstić information content (AvgIpc) is 2.26. The fourth-order valence-corrected chi connectivity index (χ4v) is 3.28. The summed E-state index contributed by atoms with van der Waals surface area (Å²) in [6.45, 7) is 6.80. The molecule has 0 amide bonds. The summed E-state index contributed by atoms with van der Waals surface area (Å²) >= 11 is 0. The molecule has 1 saturated carbocycles.